The summed E-state index contributed by atoms with van der Waals surface area (Å²) in [5, 5.41) is 2.87. The summed E-state index contributed by atoms with van der Waals surface area (Å²) in [6, 6.07) is 13.5. The van der Waals surface area contributed by atoms with Crippen LogP contribution in [-0.4, -0.2) is 57.6 Å². The fraction of sp³-hybridized carbons (Fsp3) is 0.462. The van der Waals surface area contributed by atoms with Crippen LogP contribution in [0.3, 0.4) is 0 Å². The number of aryl methyl sites for hydroxylation is 1. The number of nitrogens with zero attached hydrogens (tertiary/aromatic N) is 2. The lowest BCUT2D eigenvalue weighted by atomic mass is 10.1. The van der Waals surface area contributed by atoms with E-state index in [1.807, 2.05) is 38.1 Å². The molecule has 0 saturated heterocycles. The van der Waals surface area contributed by atoms with Gasteiger partial charge in [-0.1, -0.05) is 44.5 Å². The Bertz CT molecular complexity index is 1070. The maximum absolute atomic E-state index is 13.5. The first kappa shape index (κ1) is 28.2. The Hall–Kier alpha value is -3.07. The monoisotopic (exact) mass is 503 g/mol. The zero-order chi connectivity index (χ0) is 26.0. The Labute approximate surface area is 209 Å². The van der Waals surface area contributed by atoms with Gasteiger partial charge in [-0.3, -0.25) is 13.9 Å². The lowest BCUT2D eigenvalue weighted by Crippen LogP contribution is -2.51. The highest BCUT2D eigenvalue weighted by molar-refractivity contribution is 7.92. The Morgan fingerprint density at radius 3 is 2.11 bits per heavy atom. The standard InChI is InChI=1S/C26H37N3O5S/c1-6-8-17-27-26(31)20(3)28(18-22-11-15-24(34-4)16-12-22)25(30)19-29(35(5,32)33)23-13-9-21(7-2)10-14-23/h9-16,20H,6-8,17-19H2,1-5H3,(H,27,31)/t20-/m1/s1. The molecule has 8 nitrogen and oxygen atoms in total. The topological polar surface area (TPSA) is 96.0 Å². The van der Waals surface area contributed by atoms with Crippen molar-refractivity contribution < 1.29 is 22.7 Å². The van der Waals surface area contributed by atoms with E-state index in [4.69, 9.17) is 4.74 Å². The van der Waals surface area contributed by atoms with Crippen molar-refractivity contribution in [2.24, 2.45) is 0 Å². The number of benzene rings is 2. The first-order chi connectivity index (χ1) is 16.6. The molecule has 9 heteroatoms. The summed E-state index contributed by atoms with van der Waals surface area (Å²) in [5.41, 5.74) is 2.26. The minimum absolute atomic E-state index is 0.150. The van der Waals surface area contributed by atoms with E-state index in [-0.39, 0.29) is 12.5 Å². The number of methoxy groups -OCH3 is 1. The average Bonchev–Trinajstić information content (AvgIpc) is 2.85. The van der Waals surface area contributed by atoms with Crippen molar-refractivity contribution >= 4 is 27.5 Å². The van der Waals surface area contributed by atoms with Crippen molar-refractivity contribution in [1.29, 1.82) is 0 Å². The number of hydrogen-bond donors (Lipinski definition) is 1. The van der Waals surface area contributed by atoms with Gasteiger partial charge >= 0.3 is 0 Å². The Morgan fingerprint density at radius 2 is 1.60 bits per heavy atom. The van der Waals surface area contributed by atoms with Gasteiger partial charge in [0.05, 0.1) is 19.1 Å². The third kappa shape index (κ3) is 8.28. The number of anilines is 1. The van der Waals surface area contributed by atoms with E-state index in [9.17, 15) is 18.0 Å². The minimum Gasteiger partial charge on any atom is -0.497 e. The number of nitrogens with one attached hydrogen (secondary N) is 1. The molecule has 1 N–H and O–H groups in total. The SMILES string of the molecule is CCCCNC(=O)[C@@H](C)N(Cc1ccc(OC)cc1)C(=O)CN(c1ccc(CC)cc1)S(C)(=O)=O. The van der Waals surface area contributed by atoms with Gasteiger partial charge < -0.3 is 15.0 Å². The van der Waals surface area contributed by atoms with E-state index in [2.05, 4.69) is 5.32 Å². The van der Waals surface area contributed by atoms with Gasteiger partial charge in [-0.15, -0.1) is 0 Å². The van der Waals surface area contributed by atoms with Crippen LogP contribution in [0.4, 0.5) is 5.69 Å². The Morgan fingerprint density at radius 1 is 1.00 bits per heavy atom. The molecule has 0 saturated carbocycles. The van der Waals surface area contributed by atoms with Gasteiger partial charge in [-0.25, -0.2) is 8.42 Å². The number of hydrogen-bond acceptors (Lipinski definition) is 5. The second-order valence-electron chi connectivity index (χ2n) is 8.48. The summed E-state index contributed by atoms with van der Waals surface area (Å²) in [6.07, 6.45) is 3.66. The van der Waals surface area contributed by atoms with Crippen LogP contribution in [0.15, 0.2) is 48.5 Å². The molecule has 2 aromatic rings. The third-order valence-electron chi connectivity index (χ3n) is 5.82. The van der Waals surface area contributed by atoms with Gasteiger partial charge in [0.25, 0.3) is 0 Å². The maximum Gasteiger partial charge on any atom is 0.244 e. The number of sulfonamides is 1. The number of ether oxygens (including phenoxy) is 1. The summed E-state index contributed by atoms with van der Waals surface area (Å²) in [6.45, 7) is 5.95. The van der Waals surface area contributed by atoms with E-state index in [1.54, 1.807) is 38.3 Å². The van der Waals surface area contributed by atoms with Gasteiger partial charge in [0.1, 0.15) is 18.3 Å². The van der Waals surface area contributed by atoms with Crippen molar-refractivity contribution in [3.05, 3.63) is 59.7 Å². The van der Waals surface area contributed by atoms with Gasteiger partial charge in [-0.05, 0) is 55.2 Å². The van der Waals surface area contributed by atoms with Crippen LogP contribution in [0.1, 0.15) is 44.7 Å². The predicted molar refractivity (Wildman–Crippen MR) is 139 cm³/mol. The minimum atomic E-state index is -3.74. The summed E-state index contributed by atoms with van der Waals surface area (Å²) < 4.78 is 31.5. The molecule has 0 aliphatic carbocycles. The molecule has 0 fully saturated rings. The number of amides is 2. The molecule has 2 rings (SSSR count). The molecule has 0 aromatic heterocycles. The van der Waals surface area contributed by atoms with Crippen molar-refractivity contribution in [3.63, 3.8) is 0 Å². The Kier molecular flexibility index (Phi) is 10.6. The van der Waals surface area contributed by atoms with Crippen LogP contribution in [0.5, 0.6) is 5.75 Å². The molecule has 0 aliphatic rings. The third-order valence-corrected chi connectivity index (χ3v) is 6.96. The number of rotatable bonds is 13. The zero-order valence-electron chi connectivity index (χ0n) is 21.3. The summed E-state index contributed by atoms with van der Waals surface area (Å²) in [5.74, 6) is -0.0711. The molecule has 2 amide bonds. The van der Waals surface area contributed by atoms with Crippen molar-refractivity contribution in [2.45, 2.75) is 52.6 Å². The van der Waals surface area contributed by atoms with Crippen LogP contribution < -0.4 is 14.4 Å². The number of carbonyl (C=O) groups excluding carboxylic acids is 2. The molecular formula is C26H37N3O5S. The van der Waals surface area contributed by atoms with Crippen LogP contribution >= 0.6 is 0 Å². The maximum atomic E-state index is 13.5. The molecule has 35 heavy (non-hydrogen) atoms. The van der Waals surface area contributed by atoms with E-state index in [0.29, 0.717) is 18.0 Å². The highest BCUT2D eigenvalue weighted by Crippen LogP contribution is 2.20. The van der Waals surface area contributed by atoms with Crippen molar-refractivity contribution in [3.8, 4) is 5.75 Å². The van der Waals surface area contributed by atoms with Gasteiger partial charge in [0.15, 0.2) is 0 Å². The van der Waals surface area contributed by atoms with Gasteiger partial charge in [0.2, 0.25) is 21.8 Å². The van der Waals surface area contributed by atoms with Gasteiger partial charge in [-0.2, -0.15) is 0 Å². The van der Waals surface area contributed by atoms with E-state index < -0.39 is 28.5 Å². The average molecular weight is 504 g/mol. The van der Waals surface area contributed by atoms with E-state index in [0.717, 1.165) is 41.0 Å². The molecule has 0 heterocycles. The summed E-state index contributed by atoms with van der Waals surface area (Å²) in [4.78, 5) is 27.8. The highest BCUT2D eigenvalue weighted by atomic mass is 32.2. The lowest BCUT2D eigenvalue weighted by Gasteiger charge is -2.31. The smallest absolute Gasteiger partial charge is 0.244 e. The van der Waals surface area contributed by atoms with Crippen molar-refractivity contribution in [2.75, 3.05) is 30.8 Å². The summed E-state index contributed by atoms with van der Waals surface area (Å²) in [7, 11) is -2.17. The van der Waals surface area contributed by atoms with Crippen LogP contribution in [-0.2, 0) is 32.6 Å². The fourth-order valence-corrected chi connectivity index (χ4v) is 4.41. The summed E-state index contributed by atoms with van der Waals surface area (Å²) >= 11 is 0. The predicted octanol–water partition coefficient (Wildman–Crippen LogP) is 3.36. The fourth-order valence-electron chi connectivity index (χ4n) is 3.56. The van der Waals surface area contributed by atoms with Gasteiger partial charge in [0, 0.05) is 13.1 Å². The molecule has 192 valence electrons. The molecular weight excluding hydrogens is 466 g/mol. The van der Waals surface area contributed by atoms with Crippen LogP contribution in [0.2, 0.25) is 0 Å². The lowest BCUT2D eigenvalue weighted by molar-refractivity contribution is -0.139. The molecule has 0 spiro atoms. The molecule has 0 unspecified atom stereocenters. The first-order valence-electron chi connectivity index (χ1n) is 11.9. The van der Waals surface area contributed by atoms with E-state index >= 15 is 0 Å². The number of unbranched alkanes of at least 4 members (excludes halogenated alkanes) is 1. The number of carbonyl (C=O) groups is 2. The highest BCUT2D eigenvalue weighted by Gasteiger charge is 2.30. The van der Waals surface area contributed by atoms with Crippen molar-refractivity contribution in [1.82, 2.24) is 10.2 Å². The molecule has 0 bridgehead atoms. The zero-order valence-corrected chi connectivity index (χ0v) is 22.1. The molecule has 0 aliphatic heterocycles. The molecule has 0 radical (unpaired) electrons. The van der Waals surface area contributed by atoms with E-state index in [1.165, 1.54) is 4.90 Å². The molecule has 2 aromatic carbocycles. The first-order valence-corrected chi connectivity index (χ1v) is 13.7. The second-order valence-corrected chi connectivity index (χ2v) is 10.4. The quantitative estimate of drug-likeness (QED) is 0.423. The largest absolute Gasteiger partial charge is 0.497 e. The Balaban J connectivity index is 2.33. The van der Waals surface area contributed by atoms with Crippen LogP contribution in [0.25, 0.3) is 0 Å². The molecule has 1 atom stereocenters. The van der Waals surface area contributed by atoms with Crippen LogP contribution in [0, 0.1) is 0 Å². The second kappa shape index (κ2) is 13.1. The normalized spacial score (nSPS) is 12.0.